The van der Waals surface area contributed by atoms with Crippen molar-refractivity contribution in [1.82, 2.24) is 4.98 Å². The number of hydrogen-bond acceptors (Lipinski definition) is 3. The van der Waals surface area contributed by atoms with E-state index in [-0.39, 0.29) is 0 Å². The van der Waals surface area contributed by atoms with Gasteiger partial charge in [0.2, 0.25) is 0 Å². The van der Waals surface area contributed by atoms with E-state index in [1.54, 1.807) is 6.07 Å². The van der Waals surface area contributed by atoms with Crippen LogP contribution in [-0.4, -0.2) is 24.4 Å². The molecule has 2 aromatic rings. The van der Waals surface area contributed by atoms with Crippen molar-refractivity contribution in [3.8, 4) is 0 Å². The van der Waals surface area contributed by atoms with E-state index in [4.69, 9.17) is 0 Å². The van der Waals surface area contributed by atoms with Crippen molar-refractivity contribution in [3.05, 3.63) is 36.0 Å². The monoisotopic (exact) mass is 212 g/mol. The predicted molar refractivity (Wildman–Crippen MR) is 64.0 cm³/mol. The van der Waals surface area contributed by atoms with Gasteiger partial charge in [-0.15, -0.1) is 0 Å². The quantitative estimate of drug-likeness (QED) is 0.716. The molecule has 1 aliphatic heterocycles. The van der Waals surface area contributed by atoms with Crippen molar-refractivity contribution in [1.29, 1.82) is 0 Å². The van der Waals surface area contributed by atoms with Crippen LogP contribution in [0.15, 0.2) is 30.3 Å². The number of pyridine rings is 1. The molecule has 16 heavy (non-hydrogen) atoms. The first-order valence-electron chi connectivity index (χ1n) is 5.48. The molecule has 0 aliphatic carbocycles. The third-order valence-corrected chi connectivity index (χ3v) is 3.04. The minimum Gasteiger partial charge on any atom is -0.371 e. The Morgan fingerprint density at radius 2 is 2.06 bits per heavy atom. The number of carbonyl (C=O) groups is 1. The number of benzene rings is 1. The van der Waals surface area contributed by atoms with Crippen molar-refractivity contribution >= 4 is 22.9 Å². The molecule has 80 valence electrons. The summed E-state index contributed by atoms with van der Waals surface area (Å²) in [4.78, 5) is 17.2. The van der Waals surface area contributed by atoms with Crippen molar-refractivity contribution in [3.63, 3.8) is 0 Å². The normalized spacial score (nSPS) is 14.9. The van der Waals surface area contributed by atoms with E-state index in [9.17, 15) is 4.79 Å². The SMILES string of the molecule is O=Cc1ccc2cc(N3CCC3)ccc2n1. The lowest BCUT2D eigenvalue weighted by Crippen LogP contribution is -2.36. The predicted octanol–water partition coefficient (Wildman–Crippen LogP) is 2.26. The van der Waals surface area contributed by atoms with E-state index >= 15 is 0 Å². The molecule has 0 spiro atoms. The molecular weight excluding hydrogens is 200 g/mol. The minimum atomic E-state index is 0.490. The van der Waals surface area contributed by atoms with E-state index in [0.717, 1.165) is 30.3 Å². The Hall–Kier alpha value is -1.90. The van der Waals surface area contributed by atoms with Gasteiger partial charge in [-0.3, -0.25) is 4.79 Å². The third-order valence-electron chi connectivity index (χ3n) is 3.04. The average Bonchev–Trinajstić information content (AvgIpc) is 2.26. The van der Waals surface area contributed by atoms with Crippen molar-refractivity contribution < 1.29 is 4.79 Å². The molecular formula is C13H12N2O. The molecule has 3 nitrogen and oxygen atoms in total. The number of aldehydes is 1. The van der Waals surface area contributed by atoms with E-state index in [1.165, 1.54) is 12.1 Å². The molecule has 1 saturated heterocycles. The first kappa shape index (κ1) is 9.33. The van der Waals surface area contributed by atoms with Gasteiger partial charge in [-0.25, -0.2) is 4.98 Å². The number of anilines is 1. The Morgan fingerprint density at radius 3 is 2.75 bits per heavy atom. The second-order valence-corrected chi connectivity index (χ2v) is 4.07. The van der Waals surface area contributed by atoms with Crippen molar-refractivity contribution in [2.75, 3.05) is 18.0 Å². The lowest BCUT2D eigenvalue weighted by molar-refractivity contribution is 0.111. The van der Waals surface area contributed by atoms with Crippen LogP contribution < -0.4 is 4.90 Å². The highest BCUT2D eigenvalue weighted by atomic mass is 16.1. The number of carbonyl (C=O) groups excluding carboxylic acids is 1. The fraction of sp³-hybridized carbons (Fsp3) is 0.231. The fourth-order valence-corrected chi connectivity index (χ4v) is 1.97. The number of nitrogens with zero attached hydrogens (tertiary/aromatic N) is 2. The van der Waals surface area contributed by atoms with Crippen LogP contribution in [0.25, 0.3) is 10.9 Å². The molecule has 0 bridgehead atoms. The minimum absolute atomic E-state index is 0.490. The van der Waals surface area contributed by atoms with Crippen LogP contribution in [0, 0.1) is 0 Å². The molecule has 3 heteroatoms. The third kappa shape index (κ3) is 1.45. The number of hydrogen-bond donors (Lipinski definition) is 0. The summed E-state index contributed by atoms with van der Waals surface area (Å²) >= 11 is 0. The first-order valence-corrected chi connectivity index (χ1v) is 5.48. The van der Waals surface area contributed by atoms with Gasteiger partial charge in [-0.05, 0) is 30.7 Å². The zero-order chi connectivity index (χ0) is 11.0. The average molecular weight is 212 g/mol. The second-order valence-electron chi connectivity index (χ2n) is 4.07. The van der Waals surface area contributed by atoms with E-state index < -0.39 is 0 Å². The maximum Gasteiger partial charge on any atom is 0.168 e. The fourth-order valence-electron chi connectivity index (χ4n) is 1.97. The Kier molecular flexibility index (Phi) is 2.10. The lowest BCUT2D eigenvalue weighted by Gasteiger charge is -2.33. The molecule has 1 aromatic heterocycles. The molecule has 3 rings (SSSR count). The Labute approximate surface area is 93.7 Å². The van der Waals surface area contributed by atoms with Gasteiger partial charge in [0.15, 0.2) is 6.29 Å². The number of aromatic nitrogens is 1. The maximum absolute atomic E-state index is 10.6. The summed E-state index contributed by atoms with van der Waals surface area (Å²) in [6.45, 7) is 2.29. The van der Waals surface area contributed by atoms with Crippen molar-refractivity contribution in [2.45, 2.75) is 6.42 Å². The molecule has 2 heterocycles. The van der Waals surface area contributed by atoms with Gasteiger partial charge in [0, 0.05) is 24.2 Å². The number of rotatable bonds is 2. The maximum atomic E-state index is 10.6. The first-order chi connectivity index (χ1) is 7.86. The Balaban J connectivity index is 2.07. The number of fused-ring (bicyclic) bond motifs is 1. The summed E-state index contributed by atoms with van der Waals surface area (Å²) < 4.78 is 0. The molecule has 0 N–H and O–H groups in total. The molecule has 0 amide bonds. The lowest BCUT2D eigenvalue weighted by atomic mass is 10.1. The largest absolute Gasteiger partial charge is 0.371 e. The van der Waals surface area contributed by atoms with Gasteiger partial charge < -0.3 is 4.90 Å². The zero-order valence-electron chi connectivity index (χ0n) is 8.89. The van der Waals surface area contributed by atoms with Crippen LogP contribution in [-0.2, 0) is 0 Å². The van der Waals surface area contributed by atoms with Gasteiger partial charge in [0.25, 0.3) is 0 Å². The Morgan fingerprint density at radius 1 is 1.19 bits per heavy atom. The van der Waals surface area contributed by atoms with E-state index in [1.807, 2.05) is 12.1 Å². The van der Waals surface area contributed by atoms with Gasteiger partial charge >= 0.3 is 0 Å². The van der Waals surface area contributed by atoms with Gasteiger partial charge in [0.1, 0.15) is 5.69 Å². The van der Waals surface area contributed by atoms with Crippen LogP contribution in [0.5, 0.6) is 0 Å². The van der Waals surface area contributed by atoms with Gasteiger partial charge in [-0.2, -0.15) is 0 Å². The van der Waals surface area contributed by atoms with Crippen LogP contribution in [0.1, 0.15) is 16.9 Å². The summed E-state index contributed by atoms with van der Waals surface area (Å²) in [6, 6.07) is 9.90. The smallest absolute Gasteiger partial charge is 0.168 e. The summed E-state index contributed by atoms with van der Waals surface area (Å²) in [5.74, 6) is 0. The summed E-state index contributed by atoms with van der Waals surface area (Å²) in [7, 11) is 0. The molecule has 0 unspecified atom stereocenters. The molecule has 0 radical (unpaired) electrons. The summed E-state index contributed by atoms with van der Waals surface area (Å²) in [5.41, 5.74) is 2.62. The Bertz CT molecular complexity index is 547. The standard InChI is InChI=1S/C13H12N2O/c16-9-11-3-2-10-8-12(15-6-1-7-15)4-5-13(10)14-11/h2-5,8-9H,1,6-7H2. The van der Waals surface area contributed by atoms with Gasteiger partial charge in [0.05, 0.1) is 5.52 Å². The zero-order valence-corrected chi connectivity index (χ0v) is 8.89. The molecule has 1 aliphatic rings. The second kappa shape index (κ2) is 3.59. The summed E-state index contributed by atoms with van der Waals surface area (Å²) in [6.07, 6.45) is 2.06. The highest BCUT2D eigenvalue weighted by molar-refractivity contribution is 5.86. The molecule has 0 saturated carbocycles. The highest BCUT2D eigenvalue weighted by Gasteiger charge is 2.14. The molecule has 1 fully saturated rings. The summed E-state index contributed by atoms with van der Waals surface area (Å²) in [5, 5.41) is 1.09. The van der Waals surface area contributed by atoms with Crippen LogP contribution in [0.2, 0.25) is 0 Å². The van der Waals surface area contributed by atoms with Crippen molar-refractivity contribution in [2.24, 2.45) is 0 Å². The van der Waals surface area contributed by atoms with Gasteiger partial charge in [-0.1, -0.05) is 6.07 Å². The molecule has 1 aromatic carbocycles. The van der Waals surface area contributed by atoms with E-state index in [2.05, 4.69) is 22.0 Å². The van der Waals surface area contributed by atoms with Crippen LogP contribution in [0.3, 0.4) is 0 Å². The molecule has 0 atom stereocenters. The van der Waals surface area contributed by atoms with Crippen LogP contribution in [0.4, 0.5) is 5.69 Å². The van der Waals surface area contributed by atoms with Crippen LogP contribution >= 0.6 is 0 Å². The van der Waals surface area contributed by atoms with E-state index in [0.29, 0.717) is 5.69 Å². The highest BCUT2D eigenvalue weighted by Crippen LogP contribution is 2.24. The topological polar surface area (TPSA) is 33.2 Å².